The first kappa shape index (κ1) is 23.0. The number of rotatable bonds is 7. The minimum atomic E-state index is -4.09. The Labute approximate surface area is 192 Å². The van der Waals surface area contributed by atoms with Crippen LogP contribution >= 0.6 is 39.0 Å². The summed E-state index contributed by atoms with van der Waals surface area (Å²) in [5, 5.41) is 7.72. The van der Waals surface area contributed by atoms with Crippen LogP contribution in [0.3, 0.4) is 0 Å². The zero-order valence-electron chi connectivity index (χ0n) is 15.7. The molecule has 0 bridgehead atoms. The molecule has 3 rings (SSSR count). The van der Waals surface area contributed by atoms with Crippen LogP contribution in [0.4, 0.5) is 0 Å². The van der Waals surface area contributed by atoms with E-state index in [9.17, 15) is 12.6 Å². The second-order valence-electron chi connectivity index (χ2n) is 6.15. The largest absolute Gasteiger partial charge is 0.383 e. The van der Waals surface area contributed by atoms with Gasteiger partial charge in [0.15, 0.2) is 0 Å². The van der Waals surface area contributed by atoms with Crippen molar-refractivity contribution >= 4 is 64.6 Å². The average molecular weight is 545 g/mol. The summed E-state index contributed by atoms with van der Waals surface area (Å²) >= 11 is 5.85. The zero-order chi connectivity index (χ0) is 21.9. The van der Waals surface area contributed by atoms with Crippen LogP contribution in [0.15, 0.2) is 82.9 Å². The van der Waals surface area contributed by atoms with Gasteiger partial charge in [0.05, 0.1) is 24.6 Å². The summed E-state index contributed by atoms with van der Waals surface area (Å²) in [6.45, 7) is 0. The second-order valence-corrected chi connectivity index (χ2v) is 13.2. The SMILES string of the molecule is CSc1sc(C(=N)N)cc1S(=O)(=NS(=O)(=O)Cc1ccccc1)c1cccc(Br)c1. The highest BCUT2D eigenvalue weighted by molar-refractivity contribution is 9.10. The van der Waals surface area contributed by atoms with E-state index in [-0.39, 0.29) is 21.4 Å². The number of benzene rings is 2. The molecule has 0 spiro atoms. The molecule has 1 heterocycles. The van der Waals surface area contributed by atoms with Gasteiger partial charge in [-0.2, -0.15) is 0 Å². The lowest BCUT2D eigenvalue weighted by Crippen LogP contribution is -2.10. The van der Waals surface area contributed by atoms with Crippen molar-refractivity contribution in [1.29, 1.82) is 5.41 Å². The highest BCUT2D eigenvalue weighted by Gasteiger charge is 2.27. The Hall–Kier alpha value is -1.66. The van der Waals surface area contributed by atoms with Crippen molar-refractivity contribution in [1.82, 2.24) is 0 Å². The van der Waals surface area contributed by atoms with Gasteiger partial charge in [0.1, 0.15) is 15.6 Å². The monoisotopic (exact) mass is 543 g/mol. The summed E-state index contributed by atoms with van der Waals surface area (Å²) in [5.74, 6) is -0.540. The Morgan fingerprint density at radius 3 is 2.43 bits per heavy atom. The van der Waals surface area contributed by atoms with Crippen molar-refractivity contribution in [2.45, 2.75) is 19.8 Å². The van der Waals surface area contributed by atoms with Crippen LogP contribution in [0.5, 0.6) is 0 Å². The van der Waals surface area contributed by atoms with Gasteiger partial charge in [0.2, 0.25) is 0 Å². The lowest BCUT2D eigenvalue weighted by Gasteiger charge is -2.12. The Morgan fingerprint density at radius 2 is 1.83 bits per heavy atom. The third-order valence-corrected chi connectivity index (χ3v) is 11.3. The first-order valence-corrected chi connectivity index (χ1v) is 14.4. The summed E-state index contributed by atoms with van der Waals surface area (Å²) in [5.41, 5.74) is 6.17. The minimum Gasteiger partial charge on any atom is -0.383 e. The number of hydrogen-bond donors (Lipinski definition) is 2. The first-order valence-electron chi connectivity index (χ1n) is 8.47. The number of hydrogen-bond acceptors (Lipinski definition) is 6. The van der Waals surface area contributed by atoms with Gasteiger partial charge in [-0.15, -0.1) is 26.9 Å². The standard InChI is InChI=1S/C19H18BrN3O3S4/c1-27-19-17(11-16(28-19)18(21)22)30(26,15-9-5-8-14(20)10-15)23-29(24,25)12-13-6-3-2-4-7-13/h2-11H,12H2,1H3,(H3,21,22). The minimum absolute atomic E-state index is 0.176. The molecule has 6 nitrogen and oxygen atoms in total. The van der Waals surface area contributed by atoms with Crippen LogP contribution in [0.2, 0.25) is 0 Å². The van der Waals surface area contributed by atoms with E-state index >= 15 is 0 Å². The van der Waals surface area contributed by atoms with Gasteiger partial charge in [-0.25, -0.2) is 12.6 Å². The second kappa shape index (κ2) is 9.23. The van der Waals surface area contributed by atoms with E-state index in [1.807, 2.05) is 0 Å². The lowest BCUT2D eigenvalue weighted by atomic mass is 10.2. The van der Waals surface area contributed by atoms with Crippen LogP contribution in [0.1, 0.15) is 10.4 Å². The number of nitrogens with two attached hydrogens (primary N) is 1. The molecule has 2 aromatic carbocycles. The van der Waals surface area contributed by atoms with Crippen molar-refractivity contribution < 1.29 is 12.6 Å². The molecule has 0 amide bonds. The fourth-order valence-electron chi connectivity index (χ4n) is 2.65. The smallest absolute Gasteiger partial charge is 0.265 e. The van der Waals surface area contributed by atoms with Crippen LogP contribution in [0.25, 0.3) is 0 Å². The molecule has 0 saturated carbocycles. The predicted molar refractivity (Wildman–Crippen MR) is 127 cm³/mol. The van der Waals surface area contributed by atoms with Gasteiger partial charge >= 0.3 is 0 Å². The molecule has 0 aliphatic heterocycles. The van der Waals surface area contributed by atoms with E-state index in [0.29, 0.717) is 19.1 Å². The van der Waals surface area contributed by atoms with Crippen LogP contribution in [-0.2, 0) is 25.5 Å². The summed E-state index contributed by atoms with van der Waals surface area (Å²) < 4.78 is 45.4. The average Bonchev–Trinajstić information content (AvgIpc) is 3.13. The Kier molecular flexibility index (Phi) is 7.08. The third kappa shape index (κ3) is 5.14. The van der Waals surface area contributed by atoms with Gasteiger partial charge in [-0.1, -0.05) is 52.3 Å². The maximum Gasteiger partial charge on any atom is 0.265 e. The van der Waals surface area contributed by atoms with Crippen molar-refractivity contribution in [3.05, 3.63) is 75.6 Å². The Balaban J connectivity index is 2.28. The first-order chi connectivity index (χ1) is 14.1. The molecule has 3 N–H and O–H groups in total. The number of halogens is 1. The van der Waals surface area contributed by atoms with Crippen molar-refractivity contribution in [2.24, 2.45) is 9.50 Å². The Bertz CT molecular complexity index is 1310. The molecule has 1 aromatic heterocycles. The number of sulfonamides is 1. The van der Waals surface area contributed by atoms with Crippen molar-refractivity contribution in [3.8, 4) is 0 Å². The van der Waals surface area contributed by atoms with E-state index in [2.05, 4.69) is 19.7 Å². The normalized spacial score (nSPS) is 13.5. The number of thiophene rings is 1. The van der Waals surface area contributed by atoms with E-state index in [1.54, 1.807) is 60.9 Å². The highest BCUT2D eigenvalue weighted by atomic mass is 79.9. The third-order valence-electron chi connectivity index (χ3n) is 3.94. The highest BCUT2D eigenvalue weighted by Crippen LogP contribution is 2.39. The van der Waals surface area contributed by atoms with E-state index in [1.165, 1.54) is 29.2 Å². The molecular formula is C19H18BrN3O3S4. The molecule has 158 valence electrons. The molecule has 1 atom stereocenters. The maximum absolute atomic E-state index is 14.3. The summed E-state index contributed by atoms with van der Waals surface area (Å²) in [4.78, 5) is 0.921. The maximum atomic E-state index is 14.3. The molecular weight excluding hydrogens is 526 g/mol. The van der Waals surface area contributed by atoms with Crippen molar-refractivity contribution in [2.75, 3.05) is 6.26 Å². The molecule has 1 unspecified atom stereocenters. The van der Waals surface area contributed by atoms with Gasteiger partial charge in [-0.3, -0.25) is 5.41 Å². The number of nitrogen functional groups attached to an aromatic ring is 1. The topological polar surface area (TPSA) is 113 Å². The van der Waals surface area contributed by atoms with Crippen LogP contribution < -0.4 is 5.73 Å². The molecule has 0 saturated heterocycles. The number of nitrogens with zero attached hydrogens (tertiary/aromatic N) is 1. The molecule has 30 heavy (non-hydrogen) atoms. The van der Waals surface area contributed by atoms with E-state index < -0.39 is 19.8 Å². The van der Waals surface area contributed by atoms with Gasteiger partial charge in [-0.05, 0) is 36.1 Å². The Morgan fingerprint density at radius 1 is 1.13 bits per heavy atom. The molecule has 0 radical (unpaired) electrons. The van der Waals surface area contributed by atoms with Gasteiger partial charge in [0.25, 0.3) is 10.0 Å². The van der Waals surface area contributed by atoms with Crippen molar-refractivity contribution in [3.63, 3.8) is 0 Å². The lowest BCUT2D eigenvalue weighted by molar-refractivity contribution is 0.597. The predicted octanol–water partition coefficient (Wildman–Crippen LogP) is 4.93. The molecule has 11 heteroatoms. The van der Waals surface area contributed by atoms with Crippen LogP contribution in [-0.4, -0.2) is 24.7 Å². The van der Waals surface area contributed by atoms with Gasteiger partial charge < -0.3 is 5.73 Å². The van der Waals surface area contributed by atoms with Crippen LogP contribution in [0, 0.1) is 5.41 Å². The number of nitrogens with one attached hydrogen (secondary N) is 1. The fourth-order valence-corrected chi connectivity index (χ4v) is 9.91. The van der Waals surface area contributed by atoms with Gasteiger partial charge in [0, 0.05) is 4.47 Å². The quantitative estimate of drug-likeness (QED) is 0.249. The van der Waals surface area contributed by atoms with E-state index in [4.69, 9.17) is 11.1 Å². The summed E-state index contributed by atoms with van der Waals surface area (Å²) in [7, 11) is -7.65. The molecule has 0 aliphatic carbocycles. The number of thioether (sulfide) groups is 1. The molecule has 3 aromatic rings. The zero-order valence-corrected chi connectivity index (χ0v) is 20.6. The summed E-state index contributed by atoms with van der Waals surface area (Å²) in [6, 6.07) is 16.7. The molecule has 0 aliphatic rings. The fraction of sp³-hybridized carbons (Fsp3) is 0.105. The van der Waals surface area contributed by atoms with E-state index in [0.717, 1.165) is 0 Å². The summed E-state index contributed by atoms with van der Waals surface area (Å²) in [6.07, 6.45) is 1.79. The number of amidine groups is 1. The molecule has 0 fully saturated rings.